The van der Waals surface area contributed by atoms with Crippen LogP contribution in [0.3, 0.4) is 0 Å². The molecule has 0 bridgehead atoms. The second-order valence-electron chi connectivity index (χ2n) is 7.21. The van der Waals surface area contributed by atoms with E-state index in [9.17, 15) is 9.59 Å². The van der Waals surface area contributed by atoms with Gasteiger partial charge in [0.25, 0.3) is 0 Å². The Bertz CT molecular complexity index is 333. The predicted molar refractivity (Wildman–Crippen MR) is 79.4 cm³/mol. The lowest BCUT2D eigenvalue weighted by Crippen LogP contribution is -2.35. The summed E-state index contributed by atoms with van der Waals surface area (Å²) < 4.78 is 0. The molecule has 0 radical (unpaired) electrons. The number of hydrogen-bond acceptors (Lipinski definition) is 2. The molecule has 2 N–H and O–H groups in total. The van der Waals surface area contributed by atoms with E-state index in [4.69, 9.17) is 5.11 Å². The lowest BCUT2D eigenvalue weighted by atomic mass is 9.81. The number of aliphatic carboxylic acids is 1. The average Bonchev–Trinajstić information content (AvgIpc) is 2.37. The molecule has 0 heterocycles. The quantitative estimate of drug-likeness (QED) is 0.736. The van der Waals surface area contributed by atoms with Crippen LogP contribution in [0.1, 0.15) is 65.7 Å². The van der Waals surface area contributed by atoms with E-state index in [1.54, 1.807) is 0 Å². The molecule has 0 aromatic rings. The molecule has 1 fully saturated rings. The van der Waals surface area contributed by atoms with Crippen molar-refractivity contribution in [2.75, 3.05) is 6.54 Å². The molecular formula is C16H29NO3. The molecule has 4 heteroatoms. The Morgan fingerprint density at radius 3 is 2.40 bits per heavy atom. The number of carbonyl (C=O) groups is 2. The molecule has 2 unspecified atom stereocenters. The number of carbonyl (C=O) groups excluding carboxylic acids is 1. The fraction of sp³-hybridized carbons (Fsp3) is 0.875. The molecule has 1 aliphatic carbocycles. The van der Waals surface area contributed by atoms with Crippen molar-refractivity contribution in [3.63, 3.8) is 0 Å². The van der Waals surface area contributed by atoms with Crippen LogP contribution in [-0.2, 0) is 9.59 Å². The van der Waals surface area contributed by atoms with Crippen molar-refractivity contribution in [3.8, 4) is 0 Å². The summed E-state index contributed by atoms with van der Waals surface area (Å²) in [5, 5.41) is 12.0. The molecule has 2 atom stereocenters. The smallest absolute Gasteiger partial charge is 0.306 e. The van der Waals surface area contributed by atoms with Crippen molar-refractivity contribution < 1.29 is 14.7 Å². The van der Waals surface area contributed by atoms with Crippen LogP contribution < -0.4 is 5.32 Å². The predicted octanol–water partition coefficient (Wildman–Crippen LogP) is 3.21. The first-order valence-electron chi connectivity index (χ1n) is 7.80. The van der Waals surface area contributed by atoms with Gasteiger partial charge >= 0.3 is 5.97 Å². The highest BCUT2D eigenvalue weighted by molar-refractivity contribution is 5.80. The van der Waals surface area contributed by atoms with Gasteiger partial charge in [-0.3, -0.25) is 9.59 Å². The van der Waals surface area contributed by atoms with E-state index in [1.807, 2.05) is 0 Å². The van der Waals surface area contributed by atoms with Gasteiger partial charge in [0.2, 0.25) is 5.91 Å². The number of rotatable bonds is 6. The van der Waals surface area contributed by atoms with Crippen LogP contribution in [0.5, 0.6) is 0 Å². The van der Waals surface area contributed by atoms with E-state index in [0.717, 1.165) is 32.1 Å². The second kappa shape index (κ2) is 7.65. The van der Waals surface area contributed by atoms with Gasteiger partial charge in [0, 0.05) is 12.5 Å². The maximum atomic E-state index is 12.0. The first kappa shape index (κ1) is 17.0. The Labute approximate surface area is 122 Å². The Morgan fingerprint density at radius 2 is 1.80 bits per heavy atom. The van der Waals surface area contributed by atoms with Gasteiger partial charge in [-0.2, -0.15) is 0 Å². The van der Waals surface area contributed by atoms with Crippen LogP contribution in [0.15, 0.2) is 0 Å². The molecule has 0 aliphatic heterocycles. The largest absolute Gasteiger partial charge is 0.481 e. The number of hydrogen-bond donors (Lipinski definition) is 2. The maximum absolute atomic E-state index is 12.0. The van der Waals surface area contributed by atoms with E-state index >= 15 is 0 Å². The van der Waals surface area contributed by atoms with E-state index in [1.165, 1.54) is 0 Å². The van der Waals surface area contributed by atoms with Crippen molar-refractivity contribution >= 4 is 11.9 Å². The summed E-state index contributed by atoms with van der Waals surface area (Å²) in [5.41, 5.74) is 0.349. The van der Waals surface area contributed by atoms with Crippen LogP contribution >= 0.6 is 0 Å². The lowest BCUT2D eigenvalue weighted by Gasteiger charge is -2.25. The Balaban J connectivity index is 2.20. The summed E-state index contributed by atoms with van der Waals surface area (Å²) in [6.45, 7) is 7.38. The number of carboxylic acids is 1. The first-order valence-corrected chi connectivity index (χ1v) is 7.80. The fourth-order valence-corrected chi connectivity index (χ4v) is 2.79. The maximum Gasteiger partial charge on any atom is 0.306 e. The van der Waals surface area contributed by atoms with Crippen LogP contribution in [-0.4, -0.2) is 23.5 Å². The van der Waals surface area contributed by atoms with Gasteiger partial charge in [-0.05, 0) is 37.5 Å². The monoisotopic (exact) mass is 283 g/mol. The molecule has 0 spiro atoms. The molecule has 4 nitrogen and oxygen atoms in total. The molecular weight excluding hydrogens is 254 g/mol. The summed E-state index contributed by atoms with van der Waals surface area (Å²) >= 11 is 0. The summed E-state index contributed by atoms with van der Waals surface area (Å²) in [6.07, 6.45) is 6.17. The minimum atomic E-state index is -0.757. The molecule has 1 aliphatic rings. The van der Waals surface area contributed by atoms with Crippen molar-refractivity contribution in [2.24, 2.45) is 17.3 Å². The third-order valence-electron chi connectivity index (χ3n) is 4.05. The average molecular weight is 283 g/mol. The normalized spacial score (nSPS) is 23.4. The van der Waals surface area contributed by atoms with Gasteiger partial charge in [-0.25, -0.2) is 0 Å². The highest BCUT2D eigenvalue weighted by Crippen LogP contribution is 2.29. The van der Waals surface area contributed by atoms with E-state index in [-0.39, 0.29) is 17.7 Å². The molecule has 0 aromatic carbocycles. The van der Waals surface area contributed by atoms with Gasteiger partial charge in [0.05, 0.1) is 5.92 Å². The Hall–Kier alpha value is -1.06. The van der Waals surface area contributed by atoms with Crippen molar-refractivity contribution in [1.29, 1.82) is 0 Å². The van der Waals surface area contributed by atoms with Crippen LogP contribution in [0.4, 0.5) is 0 Å². The Morgan fingerprint density at radius 1 is 1.15 bits per heavy atom. The lowest BCUT2D eigenvalue weighted by molar-refractivity contribution is -0.144. The molecule has 0 aromatic heterocycles. The van der Waals surface area contributed by atoms with Crippen LogP contribution in [0, 0.1) is 17.3 Å². The van der Waals surface area contributed by atoms with Gasteiger partial charge in [-0.1, -0.05) is 33.6 Å². The Kier molecular flexibility index (Phi) is 6.50. The van der Waals surface area contributed by atoms with Gasteiger partial charge in [0.15, 0.2) is 0 Å². The zero-order valence-corrected chi connectivity index (χ0v) is 13.1. The van der Waals surface area contributed by atoms with Crippen molar-refractivity contribution in [1.82, 2.24) is 5.32 Å². The van der Waals surface area contributed by atoms with E-state index < -0.39 is 5.97 Å². The third-order valence-corrected chi connectivity index (χ3v) is 4.05. The standard InChI is InChI=1S/C16H29NO3/c1-16(2,3)9-4-5-10-17-14(18)12-7-6-8-13(11-12)15(19)20/h12-13H,4-11H2,1-3H3,(H,17,18)(H,19,20). The molecule has 20 heavy (non-hydrogen) atoms. The van der Waals surface area contributed by atoms with Crippen molar-refractivity contribution in [2.45, 2.75) is 65.7 Å². The van der Waals surface area contributed by atoms with Gasteiger partial charge in [-0.15, -0.1) is 0 Å². The summed E-state index contributed by atoms with van der Waals surface area (Å²) in [7, 11) is 0. The van der Waals surface area contributed by atoms with Gasteiger partial charge < -0.3 is 10.4 Å². The second-order valence-corrected chi connectivity index (χ2v) is 7.21. The summed E-state index contributed by atoms with van der Waals surface area (Å²) in [4.78, 5) is 23.0. The molecule has 0 saturated heterocycles. The van der Waals surface area contributed by atoms with E-state index in [2.05, 4.69) is 26.1 Å². The minimum Gasteiger partial charge on any atom is -0.481 e. The highest BCUT2D eigenvalue weighted by Gasteiger charge is 2.30. The SMILES string of the molecule is CC(C)(C)CCCCNC(=O)C1CCCC(C(=O)O)C1. The molecule has 1 rings (SSSR count). The van der Waals surface area contributed by atoms with Gasteiger partial charge in [0.1, 0.15) is 0 Å². The van der Waals surface area contributed by atoms with Crippen molar-refractivity contribution in [3.05, 3.63) is 0 Å². The van der Waals surface area contributed by atoms with E-state index in [0.29, 0.717) is 24.8 Å². The molecule has 1 amide bonds. The highest BCUT2D eigenvalue weighted by atomic mass is 16.4. The third kappa shape index (κ3) is 6.40. The zero-order valence-electron chi connectivity index (χ0n) is 13.1. The zero-order chi connectivity index (χ0) is 15.2. The first-order chi connectivity index (χ1) is 9.29. The topological polar surface area (TPSA) is 66.4 Å². The van der Waals surface area contributed by atoms with Crippen LogP contribution in [0.25, 0.3) is 0 Å². The summed E-state index contributed by atoms with van der Waals surface area (Å²) in [5.74, 6) is -1.15. The number of unbranched alkanes of at least 4 members (excludes halogenated alkanes) is 1. The molecule has 116 valence electrons. The fourth-order valence-electron chi connectivity index (χ4n) is 2.79. The minimum absolute atomic E-state index is 0.0479. The number of carboxylic acid groups (broad SMARTS) is 1. The number of nitrogens with one attached hydrogen (secondary N) is 1. The number of amides is 1. The molecule has 1 saturated carbocycles. The summed E-state index contributed by atoms with van der Waals surface area (Å²) in [6, 6.07) is 0. The van der Waals surface area contributed by atoms with Crippen LogP contribution in [0.2, 0.25) is 0 Å².